The molecule has 1 aromatic carbocycles. The van der Waals surface area contributed by atoms with E-state index in [1.807, 2.05) is 30.3 Å². The molecule has 78 valence electrons. The first-order valence-electron chi connectivity index (χ1n) is 4.75. The quantitative estimate of drug-likeness (QED) is 0.327. The van der Waals surface area contributed by atoms with Gasteiger partial charge in [-0.1, -0.05) is 41.4 Å². The summed E-state index contributed by atoms with van der Waals surface area (Å²) in [5.41, 5.74) is 1.10. The van der Waals surface area contributed by atoms with Gasteiger partial charge in [-0.25, -0.2) is 0 Å². The molecule has 0 aliphatic heterocycles. The molecule has 0 fully saturated rings. The van der Waals surface area contributed by atoms with Gasteiger partial charge in [0.25, 0.3) is 0 Å². The Morgan fingerprint density at radius 1 is 1.40 bits per heavy atom. The number of benzene rings is 1. The van der Waals surface area contributed by atoms with Crippen molar-refractivity contribution >= 4 is 6.21 Å². The lowest BCUT2D eigenvalue weighted by molar-refractivity contribution is 0.131. The normalized spacial score (nSPS) is 10.1. The van der Waals surface area contributed by atoms with Gasteiger partial charge in [-0.3, -0.25) is 0 Å². The van der Waals surface area contributed by atoms with Gasteiger partial charge < -0.3 is 10.2 Å². The average Bonchev–Trinajstić information content (AvgIpc) is 2.29. The van der Waals surface area contributed by atoms with E-state index in [0.29, 0.717) is 19.7 Å². The highest BCUT2D eigenvalue weighted by molar-refractivity contribution is 5.58. The standard InChI is InChI=1S/C12H14N2O/c1-2-8-13-9-10-14-15-11-12-6-4-3-5-7-12/h1,3-7,10,13H,8-9,11H2. The molecule has 0 saturated carbocycles. The van der Waals surface area contributed by atoms with Crippen LogP contribution in [0, 0.1) is 12.3 Å². The van der Waals surface area contributed by atoms with Crippen molar-refractivity contribution in [2.45, 2.75) is 6.61 Å². The highest BCUT2D eigenvalue weighted by atomic mass is 16.6. The van der Waals surface area contributed by atoms with Crippen molar-refractivity contribution in [3.8, 4) is 12.3 Å². The van der Waals surface area contributed by atoms with Gasteiger partial charge in [0, 0.05) is 6.54 Å². The Bertz CT molecular complexity index is 327. The van der Waals surface area contributed by atoms with Crippen LogP contribution in [0.3, 0.4) is 0 Å². The van der Waals surface area contributed by atoms with E-state index in [1.54, 1.807) is 6.21 Å². The Morgan fingerprint density at radius 2 is 2.20 bits per heavy atom. The molecule has 1 N–H and O–H groups in total. The molecule has 15 heavy (non-hydrogen) atoms. The summed E-state index contributed by atoms with van der Waals surface area (Å²) in [6, 6.07) is 9.89. The maximum absolute atomic E-state index is 5.08. The predicted molar refractivity (Wildman–Crippen MR) is 61.4 cm³/mol. The number of rotatable bonds is 6. The molecule has 0 saturated heterocycles. The fourth-order valence-electron chi connectivity index (χ4n) is 0.985. The summed E-state index contributed by atoms with van der Waals surface area (Å²) in [4.78, 5) is 5.08. The molecular formula is C12H14N2O. The van der Waals surface area contributed by atoms with E-state index in [4.69, 9.17) is 11.3 Å². The molecule has 1 aromatic rings. The van der Waals surface area contributed by atoms with E-state index in [2.05, 4.69) is 16.4 Å². The topological polar surface area (TPSA) is 33.6 Å². The third-order valence-corrected chi connectivity index (χ3v) is 1.69. The summed E-state index contributed by atoms with van der Waals surface area (Å²) in [7, 11) is 0. The number of nitrogens with zero attached hydrogens (tertiary/aromatic N) is 1. The van der Waals surface area contributed by atoms with Gasteiger partial charge in [-0.05, 0) is 5.56 Å². The van der Waals surface area contributed by atoms with Crippen molar-refractivity contribution in [2.24, 2.45) is 5.16 Å². The Kier molecular flexibility index (Phi) is 5.72. The smallest absolute Gasteiger partial charge is 0.142 e. The summed E-state index contributed by atoms with van der Waals surface area (Å²) in [6.07, 6.45) is 6.71. The SMILES string of the molecule is C#CCNCC=NOCc1ccccc1. The van der Waals surface area contributed by atoms with Gasteiger partial charge in [0.05, 0.1) is 12.8 Å². The number of hydrogen-bond acceptors (Lipinski definition) is 3. The fourth-order valence-corrected chi connectivity index (χ4v) is 0.985. The van der Waals surface area contributed by atoms with Crippen LogP contribution in [0.15, 0.2) is 35.5 Å². The van der Waals surface area contributed by atoms with Crippen LogP contribution in [0.2, 0.25) is 0 Å². The molecule has 0 heterocycles. The van der Waals surface area contributed by atoms with Gasteiger partial charge in [0.2, 0.25) is 0 Å². The lowest BCUT2D eigenvalue weighted by atomic mass is 10.2. The van der Waals surface area contributed by atoms with Crippen molar-refractivity contribution in [3.63, 3.8) is 0 Å². The summed E-state index contributed by atoms with van der Waals surface area (Å²) < 4.78 is 0. The summed E-state index contributed by atoms with van der Waals surface area (Å²) in [6.45, 7) is 1.66. The molecule has 0 aliphatic carbocycles. The summed E-state index contributed by atoms with van der Waals surface area (Å²) in [5.74, 6) is 2.47. The predicted octanol–water partition coefficient (Wildman–Crippen LogP) is 1.41. The van der Waals surface area contributed by atoms with Gasteiger partial charge >= 0.3 is 0 Å². The molecule has 3 nitrogen and oxygen atoms in total. The van der Waals surface area contributed by atoms with Crippen molar-refractivity contribution in [1.29, 1.82) is 0 Å². The van der Waals surface area contributed by atoms with Gasteiger partial charge in [0.15, 0.2) is 0 Å². The minimum Gasteiger partial charge on any atom is -0.391 e. The summed E-state index contributed by atoms with van der Waals surface area (Å²) in [5, 5.41) is 6.75. The molecule has 0 radical (unpaired) electrons. The van der Waals surface area contributed by atoms with Gasteiger partial charge in [-0.15, -0.1) is 6.42 Å². The van der Waals surface area contributed by atoms with Gasteiger partial charge in [-0.2, -0.15) is 0 Å². The molecule has 0 bridgehead atoms. The minimum absolute atomic E-state index is 0.493. The number of hydrogen-bond donors (Lipinski definition) is 1. The lowest BCUT2D eigenvalue weighted by Crippen LogP contribution is -2.16. The van der Waals surface area contributed by atoms with E-state index in [1.165, 1.54) is 0 Å². The largest absolute Gasteiger partial charge is 0.391 e. The second-order valence-corrected chi connectivity index (χ2v) is 2.88. The first kappa shape index (κ1) is 11.3. The molecule has 3 heteroatoms. The Labute approximate surface area is 90.1 Å². The van der Waals surface area contributed by atoms with Crippen molar-refractivity contribution < 1.29 is 4.84 Å². The number of nitrogens with one attached hydrogen (secondary N) is 1. The van der Waals surface area contributed by atoms with Crippen LogP contribution in [0.5, 0.6) is 0 Å². The first-order chi connectivity index (χ1) is 7.43. The third kappa shape index (κ3) is 5.50. The van der Waals surface area contributed by atoms with Crippen molar-refractivity contribution in [2.75, 3.05) is 13.1 Å². The van der Waals surface area contributed by atoms with Crippen LogP contribution in [0.4, 0.5) is 0 Å². The van der Waals surface area contributed by atoms with E-state index < -0.39 is 0 Å². The zero-order valence-electron chi connectivity index (χ0n) is 8.52. The number of oxime groups is 1. The zero-order valence-corrected chi connectivity index (χ0v) is 8.52. The monoisotopic (exact) mass is 202 g/mol. The van der Waals surface area contributed by atoms with E-state index >= 15 is 0 Å². The van der Waals surface area contributed by atoms with Crippen LogP contribution in [0.25, 0.3) is 0 Å². The summed E-state index contributed by atoms with van der Waals surface area (Å²) >= 11 is 0. The van der Waals surface area contributed by atoms with Crippen LogP contribution in [-0.4, -0.2) is 19.3 Å². The lowest BCUT2D eigenvalue weighted by Gasteiger charge is -1.98. The molecule has 0 aliphatic rings. The maximum atomic E-state index is 5.08. The second-order valence-electron chi connectivity index (χ2n) is 2.88. The van der Waals surface area contributed by atoms with E-state index in [0.717, 1.165) is 5.56 Å². The number of terminal acetylenes is 1. The molecule has 0 aromatic heterocycles. The van der Waals surface area contributed by atoms with Crippen LogP contribution in [0.1, 0.15) is 5.56 Å². The Balaban J connectivity index is 2.09. The maximum Gasteiger partial charge on any atom is 0.142 e. The minimum atomic E-state index is 0.493. The first-order valence-corrected chi connectivity index (χ1v) is 4.75. The van der Waals surface area contributed by atoms with Crippen molar-refractivity contribution in [1.82, 2.24) is 5.32 Å². The third-order valence-electron chi connectivity index (χ3n) is 1.69. The molecule has 0 amide bonds. The Morgan fingerprint density at radius 3 is 2.93 bits per heavy atom. The average molecular weight is 202 g/mol. The molecular weight excluding hydrogens is 188 g/mol. The van der Waals surface area contributed by atoms with Gasteiger partial charge in [0.1, 0.15) is 6.61 Å². The zero-order chi connectivity index (χ0) is 10.8. The van der Waals surface area contributed by atoms with Crippen LogP contribution < -0.4 is 5.32 Å². The Hall–Kier alpha value is -1.79. The van der Waals surface area contributed by atoms with Crippen LogP contribution >= 0.6 is 0 Å². The highest BCUT2D eigenvalue weighted by Crippen LogP contribution is 1.99. The second kappa shape index (κ2) is 7.60. The van der Waals surface area contributed by atoms with E-state index in [9.17, 15) is 0 Å². The van der Waals surface area contributed by atoms with Crippen molar-refractivity contribution in [3.05, 3.63) is 35.9 Å². The molecule has 0 spiro atoms. The van der Waals surface area contributed by atoms with E-state index in [-0.39, 0.29) is 0 Å². The highest BCUT2D eigenvalue weighted by Gasteiger charge is 1.88. The molecule has 1 rings (SSSR count). The molecule has 0 atom stereocenters. The molecule has 0 unspecified atom stereocenters. The fraction of sp³-hybridized carbons (Fsp3) is 0.250. The van der Waals surface area contributed by atoms with Crippen LogP contribution in [-0.2, 0) is 11.4 Å².